The van der Waals surface area contributed by atoms with Gasteiger partial charge in [0.05, 0.1) is 25.4 Å². The number of carbonyl (C=O) groups is 2. The summed E-state index contributed by atoms with van der Waals surface area (Å²) in [6.07, 6.45) is 59.1. The topological polar surface area (TPSA) is 175 Å². The Bertz CT molecular complexity index is 1440. The van der Waals surface area contributed by atoms with Crippen molar-refractivity contribution in [3.05, 3.63) is 36.5 Å². The molecule has 0 aromatic rings. The SMILES string of the molecule is CCCCC/C=C\C/C=C\CCCCCCCCCCCCCCCCCCC(O)C(=O)NC(COC1OC(CO)C(O)C(O)C1OC(=O)CCCCCCCCCCCCCCCC)C(O)/C=C/CCCCCCCCCCC. The molecule has 1 rings (SSSR count). The fourth-order valence-corrected chi connectivity index (χ4v) is 10.9. The Hall–Kier alpha value is -2.12. The summed E-state index contributed by atoms with van der Waals surface area (Å²) < 4.78 is 17.6. The van der Waals surface area contributed by atoms with Gasteiger partial charge in [0.25, 0.3) is 0 Å². The molecule has 1 amide bonds. The third-order valence-electron chi connectivity index (χ3n) is 16.3. The normalized spacial score (nSPS) is 18.9. The van der Waals surface area contributed by atoms with Crippen LogP contribution in [0.1, 0.15) is 329 Å². The van der Waals surface area contributed by atoms with E-state index in [9.17, 15) is 35.1 Å². The van der Waals surface area contributed by atoms with Crippen LogP contribution in [0.3, 0.4) is 0 Å². The number of carbonyl (C=O) groups excluding carboxylic acids is 2. The highest BCUT2D eigenvalue weighted by Gasteiger charge is 2.47. The minimum atomic E-state index is -1.61. The van der Waals surface area contributed by atoms with Gasteiger partial charge in [-0.2, -0.15) is 0 Å². The number of ether oxygens (including phenoxy) is 3. The third-order valence-corrected chi connectivity index (χ3v) is 16.3. The molecule has 6 N–H and O–H groups in total. The molecule has 1 aliphatic heterocycles. The first-order valence-corrected chi connectivity index (χ1v) is 34.3. The van der Waals surface area contributed by atoms with Crippen molar-refractivity contribution in [1.29, 1.82) is 0 Å². The molecule has 1 aliphatic rings. The number of amides is 1. The summed E-state index contributed by atoms with van der Waals surface area (Å²) in [5.74, 6) is -1.18. The van der Waals surface area contributed by atoms with Crippen LogP contribution in [0.4, 0.5) is 0 Å². The first-order valence-electron chi connectivity index (χ1n) is 34.3. The third kappa shape index (κ3) is 44.4. The standard InChI is InChI=1S/C69H129NO10/c1-4-7-10-13-16-19-22-24-26-27-28-29-30-31-32-33-34-35-36-37-38-41-44-47-50-53-56-62(73)68(77)70-60(61(72)55-52-49-46-43-40-21-18-15-12-9-6-3)59-78-69-67(66(76)65(75)63(58-71)79-69)80-64(74)57-54-51-48-45-42-39-25-23-20-17-14-11-8-5-2/h16,19,24,26,52,55,60-63,65-67,69,71-73,75-76H,4-15,17-18,20-23,25,27-51,53-54,56-59H2,1-3H3,(H,70,77)/b19-16-,26-24-,55-52+. The van der Waals surface area contributed by atoms with E-state index in [0.29, 0.717) is 19.3 Å². The molecule has 11 nitrogen and oxygen atoms in total. The van der Waals surface area contributed by atoms with E-state index >= 15 is 0 Å². The van der Waals surface area contributed by atoms with Crippen LogP contribution in [-0.2, 0) is 23.8 Å². The molecule has 0 saturated carbocycles. The molecule has 0 aromatic heterocycles. The maximum Gasteiger partial charge on any atom is 0.306 e. The molecule has 0 aliphatic carbocycles. The van der Waals surface area contributed by atoms with Gasteiger partial charge < -0.3 is 45.1 Å². The molecular weight excluding hydrogens is 1000 g/mol. The summed E-state index contributed by atoms with van der Waals surface area (Å²) >= 11 is 0. The summed E-state index contributed by atoms with van der Waals surface area (Å²) in [5, 5.41) is 57.1. The Morgan fingerprint density at radius 2 is 0.863 bits per heavy atom. The lowest BCUT2D eigenvalue weighted by Gasteiger charge is -2.41. The first-order chi connectivity index (χ1) is 39.2. The predicted octanol–water partition coefficient (Wildman–Crippen LogP) is 17.0. The average Bonchev–Trinajstić information content (AvgIpc) is 3.46. The van der Waals surface area contributed by atoms with Crippen molar-refractivity contribution in [2.24, 2.45) is 0 Å². The Labute approximate surface area is 492 Å². The van der Waals surface area contributed by atoms with Gasteiger partial charge in [-0.1, -0.05) is 301 Å². The van der Waals surface area contributed by atoms with Crippen LogP contribution in [0, 0.1) is 0 Å². The van der Waals surface area contributed by atoms with Crippen LogP contribution in [0.25, 0.3) is 0 Å². The fourth-order valence-electron chi connectivity index (χ4n) is 10.9. The lowest BCUT2D eigenvalue weighted by atomic mass is 9.99. The second kappa shape index (κ2) is 57.3. The van der Waals surface area contributed by atoms with Gasteiger partial charge in [-0.15, -0.1) is 0 Å². The van der Waals surface area contributed by atoms with E-state index in [2.05, 4.69) is 50.4 Å². The second-order valence-corrected chi connectivity index (χ2v) is 23.9. The van der Waals surface area contributed by atoms with Gasteiger partial charge >= 0.3 is 5.97 Å². The Kier molecular flexibility index (Phi) is 54.4. The molecule has 1 saturated heterocycles. The van der Waals surface area contributed by atoms with Crippen LogP contribution in [-0.4, -0.2) is 99.6 Å². The van der Waals surface area contributed by atoms with Crippen LogP contribution < -0.4 is 5.32 Å². The summed E-state index contributed by atoms with van der Waals surface area (Å²) in [6, 6.07) is -1.02. The number of aliphatic hydroxyl groups excluding tert-OH is 5. The molecule has 0 aromatic carbocycles. The number of hydrogen-bond acceptors (Lipinski definition) is 10. The molecule has 0 radical (unpaired) electrons. The fraction of sp³-hybridized carbons (Fsp3) is 0.884. The van der Waals surface area contributed by atoms with Gasteiger partial charge in [-0.3, -0.25) is 9.59 Å². The molecule has 1 fully saturated rings. The van der Waals surface area contributed by atoms with E-state index in [0.717, 1.165) is 64.2 Å². The number of rotatable bonds is 59. The Morgan fingerprint density at radius 3 is 1.30 bits per heavy atom. The summed E-state index contributed by atoms with van der Waals surface area (Å²) in [7, 11) is 0. The largest absolute Gasteiger partial charge is 0.454 e. The molecule has 8 atom stereocenters. The number of nitrogens with one attached hydrogen (secondary N) is 1. The van der Waals surface area contributed by atoms with Gasteiger partial charge in [-0.25, -0.2) is 0 Å². The first kappa shape index (κ1) is 75.9. The number of unbranched alkanes of at least 4 members (excludes halogenated alkanes) is 41. The van der Waals surface area contributed by atoms with Gasteiger partial charge in [0.2, 0.25) is 5.91 Å². The molecule has 11 heteroatoms. The lowest BCUT2D eigenvalue weighted by molar-refractivity contribution is -0.305. The molecule has 470 valence electrons. The highest BCUT2D eigenvalue weighted by atomic mass is 16.7. The Morgan fingerprint density at radius 1 is 0.487 bits per heavy atom. The van der Waals surface area contributed by atoms with E-state index in [1.165, 1.54) is 218 Å². The minimum absolute atomic E-state index is 0.129. The smallest absolute Gasteiger partial charge is 0.306 e. The van der Waals surface area contributed by atoms with E-state index in [4.69, 9.17) is 14.2 Å². The number of esters is 1. The maximum absolute atomic E-state index is 13.5. The lowest BCUT2D eigenvalue weighted by Crippen LogP contribution is -2.61. The van der Waals surface area contributed by atoms with Crippen molar-refractivity contribution in [3.8, 4) is 0 Å². The van der Waals surface area contributed by atoms with Crippen molar-refractivity contribution in [1.82, 2.24) is 5.32 Å². The van der Waals surface area contributed by atoms with Gasteiger partial charge in [0, 0.05) is 6.42 Å². The van der Waals surface area contributed by atoms with Gasteiger partial charge in [0.1, 0.15) is 24.4 Å². The number of aliphatic hydroxyl groups is 5. The summed E-state index contributed by atoms with van der Waals surface area (Å²) in [4.78, 5) is 26.6. The zero-order valence-electron chi connectivity index (χ0n) is 52.2. The average molecular weight is 1130 g/mol. The highest BCUT2D eigenvalue weighted by Crippen LogP contribution is 2.26. The quantitative estimate of drug-likeness (QED) is 0.0195. The van der Waals surface area contributed by atoms with Crippen LogP contribution >= 0.6 is 0 Å². The van der Waals surface area contributed by atoms with Crippen molar-refractivity contribution < 1.29 is 49.3 Å². The molecule has 0 bridgehead atoms. The van der Waals surface area contributed by atoms with E-state index < -0.39 is 67.4 Å². The highest BCUT2D eigenvalue weighted by molar-refractivity contribution is 5.80. The molecular formula is C69H129NO10. The van der Waals surface area contributed by atoms with E-state index in [1.54, 1.807) is 6.08 Å². The summed E-state index contributed by atoms with van der Waals surface area (Å²) in [6.45, 7) is 5.79. The van der Waals surface area contributed by atoms with Crippen molar-refractivity contribution in [2.75, 3.05) is 13.2 Å². The monoisotopic (exact) mass is 1130 g/mol. The van der Waals surface area contributed by atoms with Crippen molar-refractivity contribution in [2.45, 2.75) is 378 Å². The minimum Gasteiger partial charge on any atom is -0.454 e. The zero-order chi connectivity index (χ0) is 58.2. The second-order valence-electron chi connectivity index (χ2n) is 23.9. The van der Waals surface area contributed by atoms with Crippen LogP contribution in [0.15, 0.2) is 36.5 Å². The molecule has 0 spiro atoms. The predicted molar refractivity (Wildman–Crippen MR) is 334 cm³/mol. The zero-order valence-corrected chi connectivity index (χ0v) is 52.2. The molecule has 1 heterocycles. The van der Waals surface area contributed by atoms with Crippen LogP contribution in [0.2, 0.25) is 0 Å². The van der Waals surface area contributed by atoms with E-state index in [1.807, 2.05) is 6.08 Å². The van der Waals surface area contributed by atoms with Gasteiger partial charge in [-0.05, 0) is 57.8 Å². The van der Waals surface area contributed by atoms with Gasteiger partial charge in [0.15, 0.2) is 12.4 Å². The maximum atomic E-state index is 13.5. The van der Waals surface area contributed by atoms with Crippen molar-refractivity contribution >= 4 is 11.9 Å². The molecule has 80 heavy (non-hydrogen) atoms. The summed E-state index contributed by atoms with van der Waals surface area (Å²) in [5.41, 5.74) is 0. The Balaban J connectivity index is 2.53. The number of hydrogen-bond donors (Lipinski definition) is 6. The van der Waals surface area contributed by atoms with Crippen LogP contribution in [0.5, 0.6) is 0 Å². The number of allylic oxidation sites excluding steroid dienone is 5. The molecule has 8 unspecified atom stereocenters. The van der Waals surface area contributed by atoms with E-state index in [-0.39, 0.29) is 13.0 Å². The van der Waals surface area contributed by atoms with Crippen molar-refractivity contribution in [3.63, 3.8) is 0 Å².